The fourth-order valence-corrected chi connectivity index (χ4v) is 6.86. The number of carbonyl (C=O) groups excluding carboxylic acids is 7. The van der Waals surface area contributed by atoms with Crippen LogP contribution in [-0.4, -0.2) is 95.5 Å². The number of rotatable bonds is 10. The van der Waals surface area contributed by atoms with E-state index in [1.807, 2.05) is 0 Å². The molecule has 15 nitrogen and oxygen atoms in total. The van der Waals surface area contributed by atoms with Crippen LogP contribution in [0.15, 0.2) is 24.3 Å². The zero-order chi connectivity index (χ0) is 37.8. The number of ether oxygens (including phenoxy) is 5. The summed E-state index contributed by atoms with van der Waals surface area (Å²) in [4.78, 5) is 92.8. The van der Waals surface area contributed by atoms with Gasteiger partial charge in [-0.25, -0.2) is 9.69 Å². The molecule has 18 heteroatoms. The number of carbonyl (C=O) groups is 7. The van der Waals surface area contributed by atoms with E-state index in [9.17, 15) is 46.7 Å². The van der Waals surface area contributed by atoms with Crippen LogP contribution < -0.4 is 10.2 Å². The van der Waals surface area contributed by atoms with Crippen molar-refractivity contribution in [3.63, 3.8) is 0 Å². The Kier molecular flexibility index (Phi) is 12.0. The quantitative estimate of drug-likeness (QED) is 0.211. The zero-order valence-electron chi connectivity index (χ0n) is 28.7. The monoisotopic (exact) mass is 727 g/mol. The van der Waals surface area contributed by atoms with Crippen LogP contribution in [0, 0.1) is 0 Å². The lowest BCUT2D eigenvalue weighted by Crippen LogP contribution is -2.72. The Morgan fingerprint density at radius 2 is 1.51 bits per heavy atom. The van der Waals surface area contributed by atoms with Gasteiger partial charge in [-0.1, -0.05) is 19.3 Å². The smallest absolute Gasteiger partial charge is 0.416 e. The molecule has 1 aliphatic carbocycles. The van der Waals surface area contributed by atoms with E-state index in [-0.39, 0.29) is 5.69 Å². The summed E-state index contributed by atoms with van der Waals surface area (Å²) in [6, 6.07) is 0.318. The molecule has 51 heavy (non-hydrogen) atoms. The van der Waals surface area contributed by atoms with E-state index in [0.717, 1.165) is 58.1 Å². The van der Waals surface area contributed by atoms with Gasteiger partial charge in [-0.05, 0) is 37.1 Å². The first-order valence-corrected chi connectivity index (χ1v) is 16.3. The molecule has 1 saturated carbocycles. The molecular formula is C33H40F3N3O12. The minimum atomic E-state index is -4.71. The van der Waals surface area contributed by atoms with E-state index < -0.39 is 109 Å². The number of nitrogens with one attached hydrogen (secondary N) is 1. The van der Waals surface area contributed by atoms with Crippen LogP contribution in [-0.2, 0) is 58.6 Å². The van der Waals surface area contributed by atoms with Gasteiger partial charge < -0.3 is 29.0 Å². The Labute approximate surface area is 291 Å². The summed E-state index contributed by atoms with van der Waals surface area (Å²) < 4.78 is 68.6. The van der Waals surface area contributed by atoms with Crippen LogP contribution in [0.3, 0.4) is 0 Å². The number of esters is 4. The topological polar surface area (TPSA) is 184 Å². The maximum Gasteiger partial charge on any atom is 0.416 e. The molecule has 4 amide bonds. The predicted octanol–water partition coefficient (Wildman–Crippen LogP) is 3.15. The van der Waals surface area contributed by atoms with Gasteiger partial charge in [0.2, 0.25) is 11.6 Å². The van der Waals surface area contributed by atoms with Gasteiger partial charge in [-0.2, -0.15) is 13.2 Å². The SMILES string of the molecule is CC(=O)N[C@H]1[C@H]([C@H](OC(C)=O)[C@@H](COC(C)=O)OC(C)=O)O[C@]2(C[C@@H]1OC(C)=O)C(=O)N(c1ccc(C(F)(F)F)cc1)C(=O)N2C1CCCCC1. The molecule has 3 fully saturated rings. The van der Waals surface area contributed by atoms with Gasteiger partial charge >= 0.3 is 36.1 Å². The number of amides is 4. The molecule has 1 aromatic carbocycles. The molecule has 280 valence electrons. The van der Waals surface area contributed by atoms with Crippen LogP contribution in [0.25, 0.3) is 0 Å². The fraction of sp³-hybridized carbons (Fsp3) is 0.606. The summed E-state index contributed by atoms with van der Waals surface area (Å²) in [5, 5.41) is 2.59. The van der Waals surface area contributed by atoms with Gasteiger partial charge in [0.15, 0.2) is 12.2 Å². The van der Waals surface area contributed by atoms with Crippen molar-refractivity contribution in [2.24, 2.45) is 0 Å². The Bertz CT molecular complexity index is 1530. The summed E-state index contributed by atoms with van der Waals surface area (Å²) in [7, 11) is 0. The van der Waals surface area contributed by atoms with Gasteiger partial charge in [-0.15, -0.1) is 0 Å². The highest BCUT2D eigenvalue weighted by atomic mass is 19.4. The molecule has 2 saturated heterocycles. The molecule has 4 rings (SSSR count). The average Bonchev–Trinajstić information content (AvgIpc) is 3.23. The van der Waals surface area contributed by atoms with E-state index in [1.165, 1.54) is 0 Å². The van der Waals surface area contributed by atoms with Crippen molar-refractivity contribution in [3.05, 3.63) is 29.8 Å². The Morgan fingerprint density at radius 3 is 2.02 bits per heavy atom. The van der Waals surface area contributed by atoms with E-state index in [1.54, 1.807) is 0 Å². The summed E-state index contributed by atoms with van der Waals surface area (Å²) in [6.45, 7) is 4.58. The van der Waals surface area contributed by atoms with Gasteiger partial charge in [-0.3, -0.25) is 33.7 Å². The van der Waals surface area contributed by atoms with Crippen molar-refractivity contribution < 1.29 is 70.4 Å². The van der Waals surface area contributed by atoms with Gasteiger partial charge in [0.1, 0.15) is 18.8 Å². The standard InChI is InChI=1S/C33H40F3N3O12/c1-17(40)37-27-25(48-19(3)42)15-32(51-29(27)28(50-21(5)44)26(49-20(4)43)16-47-18(2)41)30(45)38(23-13-11-22(12-14-23)33(34,35)36)31(46)39(32)24-9-7-6-8-10-24/h11-14,24-29H,6-10,15-16H2,1-5H3,(H,37,40)/t25-,26+,27+,28+,29+,32+/m0/s1. The van der Waals surface area contributed by atoms with Gasteiger partial charge in [0.05, 0.1) is 17.3 Å². The molecule has 1 aromatic rings. The Morgan fingerprint density at radius 1 is 0.902 bits per heavy atom. The summed E-state index contributed by atoms with van der Waals surface area (Å²) >= 11 is 0. The number of hydrogen-bond donors (Lipinski definition) is 1. The molecule has 6 atom stereocenters. The van der Waals surface area contributed by atoms with Crippen molar-refractivity contribution in [3.8, 4) is 0 Å². The second-order valence-corrected chi connectivity index (χ2v) is 12.6. The van der Waals surface area contributed by atoms with E-state index >= 15 is 0 Å². The van der Waals surface area contributed by atoms with Crippen LogP contribution in [0.1, 0.15) is 78.7 Å². The number of nitrogens with zero attached hydrogens (tertiary/aromatic N) is 2. The Balaban J connectivity index is 1.95. The maximum atomic E-state index is 14.8. The van der Waals surface area contributed by atoms with Crippen molar-refractivity contribution in [2.45, 2.75) is 122 Å². The minimum absolute atomic E-state index is 0.215. The number of alkyl halides is 3. The highest BCUT2D eigenvalue weighted by Crippen LogP contribution is 2.46. The molecule has 0 aromatic heterocycles. The molecule has 0 unspecified atom stereocenters. The molecule has 2 heterocycles. The lowest BCUT2D eigenvalue weighted by Gasteiger charge is -2.51. The highest BCUT2D eigenvalue weighted by Gasteiger charge is 2.68. The lowest BCUT2D eigenvalue weighted by atomic mass is 9.84. The number of imide groups is 1. The number of anilines is 1. The summed E-state index contributed by atoms with van der Waals surface area (Å²) in [5.41, 5.74) is -3.60. The zero-order valence-corrected chi connectivity index (χ0v) is 28.7. The summed E-state index contributed by atoms with van der Waals surface area (Å²) in [6.07, 6.45) is -8.95. The average molecular weight is 728 g/mol. The molecule has 1 N–H and O–H groups in total. The van der Waals surface area contributed by atoms with Crippen LogP contribution in [0.4, 0.5) is 23.7 Å². The Hall–Kier alpha value is -4.74. The molecule has 2 aliphatic heterocycles. The molecular weight excluding hydrogens is 687 g/mol. The van der Waals surface area contributed by atoms with Crippen LogP contribution in [0.2, 0.25) is 0 Å². The highest BCUT2D eigenvalue weighted by molar-refractivity contribution is 6.23. The van der Waals surface area contributed by atoms with E-state index in [4.69, 9.17) is 23.7 Å². The molecule has 0 bridgehead atoms. The summed E-state index contributed by atoms with van der Waals surface area (Å²) in [5.74, 6) is -5.29. The van der Waals surface area contributed by atoms with Gasteiger partial charge in [0.25, 0.3) is 5.91 Å². The second-order valence-electron chi connectivity index (χ2n) is 12.6. The van der Waals surface area contributed by atoms with Crippen molar-refractivity contribution >= 4 is 47.4 Å². The van der Waals surface area contributed by atoms with Crippen molar-refractivity contribution in [1.29, 1.82) is 0 Å². The third-order valence-electron chi connectivity index (χ3n) is 8.73. The van der Waals surface area contributed by atoms with E-state index in [0.29, 0.717) is 42.7 Å². The first kappa shape index (κ1) is 39.1. The lowest BCUT2D eigenvalue weighted by molar-refractivity contribution is -0.259. The number of benzene rings is 1. The van der Waals surface area contributed by atoms with Crippen molar-refractivity contribution in [2.75, 3.05) is 11.5 Å². The first-order chi connectivity index (χ1) is 23.8. The normalized spacial score (nSPS) is 25.2. The molecule has 1 spiro atoms. The number of urea groups is 1. The van der Waals surface area contributed by atoms with Crippen LogP contribution in [0.5, 0.6) is 0 Å². The molecule has 3 aliphatic rings. The minimum Gasteiger partial charge on any atom is -0.462 e. The van der Waals surface area contributed by atoms with E-state index in [2.05, 4.69) is 5.32 Å². The van der Waals surface area contributed by atoms with Crippen LogP contribution >= 0.6 is 0 Å². The first-order valence-electron chi connectivity index (χ1n) is 16.3. The largest absolute Gasteiger partial charge is 0.462 e. The van der Waals surface area contributed by atoms with Crippen molar-refractivity contribution in [1.82, 2.24) is 10.2 Å². The fourth-order valence-electron chi connectivity index (χ4n) is 6.86. The predicted molar refractivity (Wildman–Crippen MR) is 166 cm³/mol. The maximum absolute atomic E-state index is 14.8. The second kappa shape index (κ2) is 15.7. The molecule has 0 radical (unpaired) electrons. The number of halogens is 3. The number of hydrogen-bond acceptors (Lipinski definition) is 12. The van der Waals surface area contributed by atoms with Gasteiger partial charge in [0, 0.05) is 47.1 Å². The third-order valence-corrected chi connectivity index (χ3v) is 8.73. The third kappa shape index (κ3) is 8.77.